The minimum Gasteiger partial charge on any atom is -0.619 e. The van der Waals surface area contributed by atoms with Crippen LogP contribution in [0.3, 0.4) is 0 Å². The van der Waals surface area contributed by atoms with E-state index in [0.29, 0.717) is 22.9 Å². The molecule has 1 saturated heterocycles. The van der Waals surface area contributed by atoms with Crippen LogP contribution in [0, 0.1) is 5.21 Å². The maximum atomic E-state index is 12.2. The van der Waals surface area contributed by atoms with E-state index in [0.717, 1.165) is 19.5 Å². The van der Waals surface area contributed by atoms with Crippen molar-refractivity contribution in [2.24, 2.45) is 0 Å². The van der Waals surface area contributed by atoms with Crippen LogP contribution in [-0.4, -0.2) is 29.9 Å². The molecule has 1 atom stereocenters. The molecule has 0 aliphatic carbocycles. The number of piperidine rings is 1. The first kappa shape index (κ1) is 16.5. The Labute approximate surface area is 142 Å². The molecule has 0 unspecified atom stereocenters. The molecule has 1 amide bonds. The highest BCUT2D eigenvalue weighted by molar-refractivity contribution is 5.93. The monoisotopic (exact) mass is 325 g/mol. The standard InChI is InChI=1S/C19H23N3O2/c23-19(17-9-6-12-22(24)15-17)20-13-18-10-4-5-11-21(18)14-16-7-2-1-3-8-16/h1-3,6-9,12,15,18H,4-5,10-11,13-14H2,(H,20,23)/t18-/m1/s1. The maximum Gasteiger partial charge on any atom is 0.257 e. The number of carbonyl (C=O) groups excluding carboxylic acids is 1. The number of pyridine rings is 1. The van der Waals surface area contributed by atoms with Gasteiger partial charge in [0.05, 0.1) is 0 Å². The third-order valence-electron chi connectivity index (χ3n) is 4.51. The maximum absolute atomic E-state index is 12.2. The Balaban J connectivity index is 1.58. The molecule has 1 fully saturated rings. The van der Waals surface area contributed by atoms with Gasteiger partial charge >= 0.3 is 0 Å². The number of nitrogens with one attached hydrogen (secondary N) is 1. The third-order valence-corrected chi connectivity index (χ3v) is 4.51. The van der Waals surface area contributed by atoms with Gasteiger partial charge in [-0.05, 0) is 31.0 Å². The summed E-state index contributed by atoms with van der Waals surface area (Å²) >= 11 is 0. The molecular formula is C19H23N3O2. The zero-order chi connectivity index (χ0) is 16.8. The molecule has 126 valence electrons. The van der Waals surface area contributed by atoms with E-state index >= 15 is 0 Å². The first-order chi connectivity index (χ1) is 11.7. The van der Waals surface area contributed by atoms with Crippen LogP contribution < -0.4 is 10.0 Å². The lowest BCUT2D eigenvalue weighted by atomic mass is 10.0. The van der Waals surface area contributed by atoms with Crippen LogP contribution in [-0.2, 0) is 6.54 Å². The average molecular weight is 325 g/mol. The summed E-state index contributed by atoms with van der Waals surface area (Å²) < 4.78 is 0.650. The second kappa shape index (κ2) is 7.93. The van der Waals surface area contributed by atoms with Gasteiger partial charge in [-0.25, -0.2) is 0 Å². The fourth-order valence-corrected chi connectivity index (χ4v) is 3.22. The minimum atomic E-state index is -0.189. The summed E-state index contributed by atoms with van der Waals surface area (Å²) in [5.41, 5.74) is 1.70. The van der Waals surface area contributed by atoms with Crippen LogP contribution in [0.1, 0.15) is 35.2 Å². The van der Waals surface area contributed by atoms with Crippen LogP contribution in [0.25, 0.3) is 0 Å². The van der Waals surface area contributed by atoms with Crippen molar-refractivity contribution in [3.8, 4) is 0 Å². The summed E-state index contributed by atoms with van der Waals surface area (Å²) in [5, 5.41) is 14.3. The van der Waals surface area contributed by atoms with Crippen molar-refractivity contribution in [1.29, 1.82) is 0 Å². The van der Waals surface area contributed by atoms with Gasteiger partial charge in [-0.3, -0.25) is 9.69 Å². The molecule has 24 heavy (non-hydrogen) atoms. The van der Waals surface area contributed by atoms with Crippen LogP contribution in [0.2, 0.25) is 0 Å². The van der Waals surface area contributed by atoms with Gasteiger partial charge in [-0.1, -0.05) is 36.8 Å². The summed E-state index contributed by atoms with van der Waals surface area (Å²) in [4.78, 5) is 14.7. The Bertz CT molecular complexity index is 675. The molecule has 3 rings (SSSR count). The summed E-state index contributed by atoms with van der Waals surface area (Å²) in [7, 11) is 0. The van der Waals surface area contributed by atoms with Crippen LogP contribution in [0.4, 0.5) is 0 Å². The highest BCUT2D eigenvalue weighted by Gasteiger charge is 2.23. The first-order valence-electron chi connectivity index (χ1n) is 8.47. The molecule has 2 aromatic rings. The largest absolute Gasteiger partial charge is 0.619 e. The molecule has 1 aromatic carbocycles. The Morgan fingerprint density at radius 2 is 2.04 bits per heavy atom. The Kier molecular flexibility index (Phi) is 5.43. The normalized spacial score (nSPS) is 18.2. The lowest BCUT2D eigenvalue weighted by Gasteiger charge is -2.35. The summed E-state index contributed by atoms with van der Waals surface area (Å²) in [6, 6.07) is 14.0. The summed E-state index contributed by atoms with van der Waals surface area (Å²) in [6.45, 7) is 2.58. The van der Waals surface area contributed by atoms with Gasteiger partial charge < -0.3 is 10.5 Å². The summed E-state index contributed by atoms with van der Waals surface area (Å²) in [6.07, 6.45) is 6.16. The quantitative estimate of drug-likeness (QED) is 0.676. The van der Waals surface area contributed by atoms with Crippen molar-refractivity contribution in [2.45, 2.75) is 31.8 Å². The number of likely N-dealkylation sites (tertiary alicyclic amines) is 1. The van der Waals surface area contributed by atoms with E-state index in [1.807, 2.05) is 6.07 Å². The first-order valence-corrected chi connectivity index (χ1v) is 8.47. The fourth-order valence-electron chi connectivity index (χ4n) is 3.22. The van der Waals surface area contributed by atoms with Crippen molar-refractivity contribution in [2.75, 3.05) is 13.1 Å². The number of rotatable bonds is 5. The molecule has 5 heteroatoms. The predicted octanol–water partition coefficient (Wildman–Crippen LogP) is 2.10. The van der Waals surface area contributed by atoms with Gasteiger partial charge in [-0.15, -0.1) is 0 Å². The number of hydrogen-bond acceptors (Lipinski definition) is 3. The van der Waals surface area contributed by atoms with Crippen LogP contribution >= 0.6 is 0 Å². The Morgan fingerprint density at radius 3 is 2.83 bits per heavy atom. The van der Waals surface area contributed by atoms with E-state index in [9.17, 15) is 10.0 Å². The third kappa shape index (κ3) is 4.32. The van der Waals surface area contributed by atoms with E-state index < -0.39 is 0 Å². The second-order valence-corrected chi connectivity index (χ2v) is 6.27. The number of hydrogen-bond donors (Lipinski definition) is 1. The zero-order valence-corrected chi connectivity index (χ0v) is 13.7. The summed E-state index contributed by atoms with van der Waals surface area (Å²) in [5.74, 6) is -0.189. The molecule has 1 aliphatic rings. The molecule has 0 saturated carbocycles. The van der Waals surface area contributed by atoms with Crippen molar-refractivity contribution in [3.63, 3.8) is 0 Å². The van der Waals surface area contributed by atoms with Crippen LogP contribution in [0.5, 0.6) is 0 Å². The lowest BCUT2D eigenvalue weighted by molar-refractivity contribution is -0.605. The molecule has 0 radical (unpaired) electrons. The number of amides is 1. The van der Waals surface area contributed by atoms with Crippen LogP contribution in [0.15, 0.2) is 54.9 Å². The number of aromatic nitrogens is 1. The zero-order valence-electron chi connectivity index (χ0n) is 13.7. The molecule has 1 N–H and O–H groups in total. The second-order valence-electron chi connectivity index (χ2n) is 6.27. The van der Waals surface area contributed by atoms with E-state index in [1.165, 1.54) is 30.8 Å². The predicted molar refractivity (Wildman–Crippen MR) is 92.2 cm³/mol. The molecule has 0 bridgehead atoms. The van der Waals surface area contributed by atoms with Gasteiger partial charge in [0.2, 0.25) is 0 Å². The van der Waals surface area contributed by atoms with Crippen molar-refractivity contribution in [1.82, 2.24) is 10.2 Å². The minimum absolute atomic E-state index is 0.189. The highest BCUT2D eigenvalue weighted by atomic mass is 16.5. The molecule has 1 aromatic heterocycles. The molecular weight excluding hydrogens is 302 g/mol. The van der Waals surface area contributed by atoms with Crippen molar-refractivity contribution in [3.05, 3.63) is 71.2 Å². The molecule has 0 spiro atoms. The lowest BCUT2D eigenvalue weighted by Crippen LogP contribution is -2.46. The van der Waals surface area contributed by atoms with E-state index in [2.05, 4.69) is 34.5 Å². The van der Waals surface area contributed by atoms with Crippen molar-refractivity contribution >= 4 is 5.91 Å². The highest BCUT2D eigenvalue weighted by Crippen LogP contribution is 2.19. The molecule has 5 nitrogen and oxygen atoms in total. The number of benzene rings is 1. The van der Waals surface area contributed by atoms with Gasteiger partial charge in [-0.2, -0.15) is 4.73 Å². The Hall–Kier alpha value is -2.40. The van der Waals surface area contributed by atoms with Gasteiger partial charge in [0.1, 0.15) is 5.56 Å². The number of nitrogens with zero attached hydrogens (tertiary/aromatic N) is 2. The SMILES string of the molecule is O=C(NC[C@H]1CCCCN1Cc1ccccc1)c1ccc[n+]([O-])c1. The van der Waals surface area contributed by atoms with E-state index in [1.54, 1.807) is 12.1 Å². The van der Waals surface area contributed by atoms with E-state index in [4.69, 9.17) is 0 Å². The fraction of sp³-hybridized carbons (Fsp3) is 0.368. The van der Waals surface area contributed by atoms with Gasteiger partial charge in [0.25, 0.3) is 5.91 Å². The topological polar surface area (TPSA) is 59.3 Å². The molecule has 1 aliphatic heterocycles. The van der Waals surface area contributed by atoms with E-state index in [-0.39, 0.29) is 5.91 Å². The van der Waals surface area contributed by atoms with Crippen molar-refractivity contribution < 1.29 is 9.52 Å². The Morgan fingerprint density at radius 1 is 1.21 bits per heavy atom. The smallest absolute Gasteiger partial charge is 0.257 e. The van der Waals surface area contributed by atoms with Gasteiger partial charge in [0.15, 0.2) is 12.4 Å². The number of carbonyl (C=O) groups is 1. The average Bonchev–Trinajstić information content (AvgIpc) is 2.61. The molecule has 2 heterocycles. The van der Waals surface area contributed by atoms with Gasteiger partial charge in [0, 0.05) is 25.2 Å².